The SMILES string of the molecule is COc1ccc(S(=O)(=O)NCCN)c(Cl)c1Cl.Cl. The standard InChI is InChI=1S/C9H12Cl2N2O3S.ClH/c1-16-6-2-3-7(9(11)8(6)10)17(14,15)13-5-4-12;/h2-3,13H,4-5,12H2,1H3;1H. The van der Waals surface area contributed by atoms with E-state index in [9.17, 15) is 8.42 Å². The lowest BCUT2D eigenvalue weighted by atomic mass is 10.3. The molecular weight excluding hydrogens is 323 g/mol. The minimum absolute atomic E-state index is 0. The topological polar surface area (TPSA) is 81.4 Å². The Hall–Kier alpha value is -0.240. The summed E-state index contributed by atoms with van der Waals surface area (Å²) in [4.78, 5) is -0.0987. The summed E-state index contributed by atoms with van der Waals surface area (Å²) < 4.78 is 30.8. The van der Waals surface area contributed by atoms with Crippen molar-refractivity contribution < 1.29 is 13.2 Å². The van der Waals surface area contributed by atoms with Gasteiger partial charge in [-0.15, -0.1) is 12.4 Å². The number of ether oxygens (including phenoxy) is 1. The number of hydrogen-bond donors (Lipinski definition) is 2. The van der Waals surface area contributed by atoms with Gasteiger partial charge in [-0.25, -0.2) is 13.1 Å². The molecular formula is C9H13Cl3N2O3S. The Bertz CT molecular complexity index is 508. The molecule has 0 aliphatic carbocycles. The summed E-state index contributed by atoms with van der Waals surface area (Å²) in [7, 11) is -2.29. The lowest BCUT2D eigenvalue weighted by Crippen LogP contribution is -2.29. The smallest absolute Gasteiger partial charge is 0.242 e. The van der Waals surface area contributed by atoms with Crippen LogP contribution in [0.1, 0.15) is 0 Å². The van der Waals surface area contributed by atoms with Crippen molar-refractivity contribution >= 4 is 45.6 Å². The Kier molecular flexibility index (Phi) is 7.28. The zero-order chi connectivity index (χ0) is 13.1. The van der Waals surface area contributed by atoms with Gasteiger partial charge in [-0.2, -0.15) is 0 Å². The molecule has 0 unspecified atom stereocenters. The Morgan fingerprint density at radius 3 is 2.44 bits per heavy atom. The number of sulfonamides is 1. The molecule has 0 aromatic heterocycles. The largest absolute Gasteiger partial charge is 0.495 e. The van der Waals surface area contributed by atoms with Crippen LogP contribution in [-0.2, 0) is 10.0 Å². The Labute approximate surface area is 122 Å². The van der Waals surface area contributed by atoms with Crippen molar-refractivity contribution in [2.45, 2.75) is 4.90 Å². The van der Waals surface area contributed by atoms with Crippen LogP contribution in [0.15, 0.2) is 17.0 Å². The molecule has 0 atom stereocenters. The van der Waals surface area contributed by atoms with Crippen LogP contribution in [0.25, 0.3) is 0 Å². The van der Waals surface area contributed by atoms with Crippen LogP contribution in [0, 0.1) is 0 Å². The summed E-state index contributed by atoms with van der Waals surface area (Å²) in [5.41, 5.74) is 5.22. The average Bonchev–Trinajstić information content (AvgIpc) is 2.29. The molecule has 1 aromatic carbocycles. The highest BCUT2D eigenvalue weighted by Crippen LogP contribution is 2.36. The third-order valence-electron chi connectivity index (χ3n) is 1.96. The zero-order valence-corrected chi connectivity index (χ0v) is 12.6. The van der Waals surface area contributed by atoms with Crippen LogP contribution in [0.3, 0.4) is 0 Å². The third kappa shape index (κ3) is 3.88. The number of halogens is 3. The Morgan fingerprint density at radius 2 is 1.94 bits per heavy atom. The molecule has 0 saturated heterocycles. The van der Waals surface area contributed by atoms with Gasteiger partial charge in [-0.05, 0) is 12.1 Å². The van der Waals surface area contributed by atoms with Gasteiger partial charge in [0.1, 0.15) is 15.7 Å². The van der Waals surface area contributed by atoms with E-state index in [1.54, 1.807) is 0 Å². The second-order valence-corrected chi connectivity index (χ2v) is 5.57. The van der Waals surface area contributed by atoms with E-state index in [4.69, 9.17) is 33.7 Å². The molecule has 0 aliphatic rings. The summed E-state index contributed by atoms with van der Waals surface area (Å²) in [6, 6.07) is 2.76. The molecule has 0 radical (unpaired) electrons. The van der Waals surface area contributed by atoms with Gasteiger partial charge in [0.25, 0.3) is 0 Å². The normalized spacial score (nSPS) is 10.9. The van der Waals surface area contributed by atoms with Crippen molar-refractivity contribution in [2.24, 2.45) is 5.73 Å². The fourth-order valence-corrected chi connectivity index (χ4v) is 3.04. The van der Waals surface area contributed by atoms with E-state index in [-0.39, 0.29) is 40.4 Å². The van der Waals surface area contributed by atoms with Gasteiger partial charge in [-0.3, -0.25) is 0 Å². The second kappa shape index (κ2) is 7.37. The third-order valence-corrected chi connectivity index (χ3v) is 4.44. The molecule has 5 nitrogen and oxygen atoms in total. The van der Waals surface area contributed by atoms with E-state index in [0.29, 0.717) is 5.75 Å². The van der Waals surface area contributed by atoms with Gasteiger partial charge in [0.2, 0.25) is 10.0 Å². The molecule has 0 aliphatic heterocycles. The summed E-state index contributed by atoms with van der Waals surface area (Å²) in [6.45, 7) is 0.322. The quantitative estimate of drug-likeness (QED) is 0.857. The fraction of sp³-hybridized carbons (Fsp3) is 0.333. The maximum Gasteiger partial charge on any atom is 0.242 e. The first-order chi connectivity index (χ1) is 7.94. The first-order valence-corrected chi connectivity index (χ1v) is 6.89. The molecule has 1 rings (SSSR count). The molecule has 1 aromatic rings. The molecule has 3 N–H and O–H groups in total. The van der Waals surface area contributed by atoms with Crippen molar-refractivity contribution in [1.82, 2.24) is 4.72 Å². The van der Waals surface area contributed by atoms with E-state index >= 15 is 0 Å². The summed E-state index contributed by atoms with van der Waals surface area (Å²) in [5, 5.41) is -0.0136. The highest BCUT2D eigenvalue weighted by molar-refractivity contribution is 7.89. The number of nitrogens with two attached hydrogens (primary N) is 1. The van der Waals surface area contributed by atoms with Crippen LogP contribution < -0.4 is 15.2 Å². The number of methoxy groups -OCH3 is 1. The highest BCUT2D eigenvalue weighted by Gasteiger charge is 2.21. The first kappa shape index (κ1) is 17.8. The van der Waals surface area contributed by atoms with Crippen LogP contribution in [0.4, 0.5) is 0 Å². The van der Waals surface area contributed by atoms with Crippen LogP contribution in [0.5, 0.6) is 5.75 Å². The van der Waals surface area contributed by atoms with Crippen molar-refractivity contribution in [1.29, 1.82) is 0 Å². The van der Waals surface area contributed by atoms with Crippen molar-refractivity contribution in [3.63, 3.8) is 0 Å². The van der Waals surface area contributed by atoms with Crippen LogP contribution >= 0.6 is 35.6 Å². The minimum atomic E-state index is -3.70. The molecule has 0 saturated carbocycles. The summed E-state index contributed by atoms with van der Waals surface area (Å²) in [5.74, 6) is 0.314. The highest BCUT2D eigenvalue weighted by atomic mass is 35.5. The molecule has 0 amide bonds. The number of benzene rings is 1. The Morgan fingerprint density at radius 1 is 1.33 bits per heavy atom. The average molecular weight is 336 g/mol. The lowest BCUT2D eigenvalue weighted by molar-refractivity contribution is 0.414. The lowest BCUT2D eigenvalue weighted by Gasteiger charge is -2.10. The molecule has 0 fully saturated rings. The van der Waals surface area contributed by atoms with E-state index in [2.05, 4.69) is 4.72 Å². The van der Waals surface area contributed by atoms with Gasteiger partial charge in [0.05, 0.1) is 12.1 Å². The molecule has 18 heavy (non-hydrogen) atoms. The monoisotopic (exact) mass is 334 g/mol. The van der Waals surface area contributed by atoms with E-state index < -0.39 is 10.0 Å². The predicted molar refractivity (Wildman–Crippen MR) is 74.5 cm³/mol. The fourth-order valence-electron chi connectivity index (χ4n) is 1.15. The number of hydrogen-bond acceptors (Lipinski definition) is 4. The summed E-state index contributed by atoms with van der Waals surface area (Å²) in [6.07, 6.45) is 0. The van der Waals surface area contributed by atoms with Gasteiger partial charge in [-0.1, -0.05) is 23.2 Å². The molecule has 0 spiro atoms. The van der Waals surface area contributed by atoms with E-state index in [1.807, 2.05) is 0 Å². The number of nitrogens with one attached hydrogen (secondary N) is 1. The second-order valence-electron chi connectivity index (χ2n) is 3.08. The zero-order valence-electron chi connectivity index (χ0n) is 9.44. The van der Waals surface area contributed by atoms with Gasteiger partial charge in [0, 0.05) is 13.1 Å². The van der Waals surface area contributed by atoms with E-state index in [1.165, 1.54) is 19.2 Å². The Balaban J connectivity index is 0.00000289. The molecule has 0 heterocycles. The number of rotatable bonds is 5. The molecule has 104 valence electrons. The van der Waals surface area contributed by atoms with Gasteiger partial charge in [0.15, 0.2) is 0 Å². The van der Waals surface area contributed by atoms with Crippen molar-refractivity contribution in [3.8, 4) is 5.75 Å². The van der Waals surface area contributed by atoms with Gasteiger partial charge >= 0.3 is 0 Å². The van der Waals surface area contributed by atoms with Crippen LogP contribution in [0.2, 0.25) is 10.0 Å². The predicted octanol–water partition coefficient (Wildman–Crippen LogP) is 1.66. The molecule has 9 heteroatoms. The van der Waals surface area contributed by atoms with Gasteiger partial charge < -0.3 is 10.5 Å². The van der Waals surface area contributed by atoms with E-state index in [0.717, 1.165) is 0 Å². The van der Waals surface area contributed by atoms with Crippen LogP contribution in [-0.4, -0.2) is 28.6 Å². The maximum absolute atomic E-state index is 11.8. The summed E-state index contributed by atoms with van der Waals surface area (Å²) >= 11 is 11.7. The first-order valence-electron chi connectivity index (χ1n) is 4.65. The minimum Gasteiger partial charge on any atom is -0.495 e. The molecule has 0 bridgehead atoms. The van der Waals surface area contributed by atoms with Crippen molar-refractivity contribution in [2.75, 3.05) is 20.2 Å². The van der Waals surface area contributed by atoms with Crippen molar-refractivity contribution in [3.05, 3.63) is 22.2 Å². The maximum atomic E-state index is 11.8.